The van der Waals surface area contributed by atoms with Crippen molar-refractivity contribution in [3.63, 3.8) is 0 Å². The van der Waals surface area contributed by atoms with E-state index in [9.17, 15) is 4.79 Å². The number of fused-ring (bicyclic) bond motifs is 1. The topological polar surface area (TPSA) is 26.3 Å². The lowest BCUT2D eigenvalue weighted by molar-refractivity contribution is -0.130. The van der Waals surface area contributed by atoms with Crippen LogP contribution in [0.3, 0.4) is 0 Å². The van der Waals surface area contributed by atoms with Crippen LogP contribution in [0, 0.1) is 11.3 Å². The molecular formula is C26H34O2Si. The summed E-state index contributed by atoms with van der Waals surface area (Å²) in [5.74, 6) is 0.809. The lowest BCUT2D eigenvalue weighted by Gasteiger charge is -2.49. The van der Waals surface area contributed by atoms with Crippen molar-refractivity contribution in [3.05, 3.63) is 60.7 Å². The Morgan fingerprint density at radius 3 is 2.00 bits per heavy atom. The average Bonchev–Trinajstić information content (AvgIpc) is 3.02. The molecule has 3 atom stereocenters. The third kappa shape index (κ3) is 3.33. The van der Waals surface area contributed by atoms with Crippen LogP contribution < -0.4 is 10.4 Å². The Hall–Kier alpha value is -1.71. The molecule has 154 valence electrons. The van der Waals surface area contributed by atoms with E-state index in [1.54, 1.807) is 0 Å². The highest BCUT2D eigenvalue weighted by Crippen LogP contribution is 2.52. The molecule has 0 spiro atoms. The van der Waals surface area contributed by atoms with Crippen LogP contribution in [0.5, 0.6) is 0 Å². The van der Waals surface area contributed by atoms with E-state index < -0.39 is 8.32 Å². The second-order valence-corrected chi connectivity index (χ2v) is 14.5. The van der Waals surface area contributed by atoms with E-state index >= 15 is 0 Å². The first kappa shape index (κ1) is 20.6. The van der Waals surface area contributed by atoms with E-state index in [4.69, 9.17) is 4.43 Å². The first-order valence-electron chi connectivity index (χ1n) is 11.1. The van der Waals surface area contributed by atoms with Gasteiger partial charge in [-0.2, -0.15) is 0 Å². The highest BCUT2D eigenvalue weighted by atomic mass is 28.4. The van der Waals surface area contributed by atoms with Crippen molar-refractivity contribution in [2.24, 2.45) is 11.3 Å². The third-order valence-electron chi connectivity index (χ3n) is 7.52. The molecule has 3 heteroatoms. The van der Waals surface area contributed by atoms with Crippen LogP contribution in [0.1, 0.15) is 59.8 Å². The summed E-state index contributed by atoms with van der Waals surface area (Å²) in [5.41, 5.74) is -0.186. The monoisotopic (exact) mass is 406 g/mol. The van der Waals surface area contributed by atoms with E-state index in [-0.39, 0.29) is 16.6 Å². The Bertz CT molecular complexity index is 816. The molecular weight excluding hydrogens is 372 g/mol. The van der Waals surface area contributed by atoms with Gasteiger partial charge in [-0.25, -0.2) is 0 Å². The Labute approximate surface area is 176 Å². The van der Waals surface area contributed by atoms with E-state index in [1.165, 1.54) is 10.4 Å². The van der Waals surface area contributed by atoms with E-state index in [0.717, 1.165) is 32.1 Å². The Morgan fingerprint density at radius 2 is 1.48 bits per heavy atom. The normalized spacial score (nSPS) is 27.7. The lowest BCUT2D eigenvalue weighted by atomic mass is 9.68. The van der Waals surface area contributed by atoms with Crippen molar-refractivity contribution in [1.29, 1.82) is 0 Å². The Balaban J connectivity index is 1.84. The first-order chi connectivity index (χ1) is 13.8. The van der Waals surface area contributed by atoms with Crippen LogP contribution in [-0.2, 0) is 9.22 Å². The van der Waals surface area contributed by atoms with Crippen molar-refractivity contribution in [3.8, 4) is 0 Å². The minimum Gasteiger partial charge on any atom is -0.404 e. The highest BCUT2D eigenvalue weighted by Gasteiger charge is 2.56. The van der Waals surface area contributed by atoms with Crippen LogP contribution >= 0.6 is 0 Å². The van der Waals surface area contributed by atoms with Crippen molar-refractivity contribution >= 4 is 24.5 Å². The van der Waals surface area contributed by atoms with Crippen molar-refractivity contribution in [2.45, 2.75) is 70.9 Å². The van der Waals surface area contributed by atoms with Gasteiger partial charge in [-0.05, 0) is 47.0 Å². The molecule has 2 aliphatic carbocycles. The molecule has 2 aromatic carbocycles. The number of rotatable bonds is 4. The van der Waals surface area contributed by atoms with Crippen LogP contribution in [0.4, 0.5) is 0 Å². The zero-order chi connectivity index (χ0) is 20.7. The summed E-state index contributed by atoms with van der Waals surface area (Å²) in [6, 6.07) is 21.8. The summed E-state index contributed by atoms with van der Waals surface area (Å²) in [6.07, 6.45) is 5.04. The summed E-state index contributed by atoms with van der Waals surface area (Å²) >= 11 is 0. The molecule has 29 heavy (non-hydrogen) atoms. The standard InChI is InChI=1S/C26H34O2Si/c1-25(2,3)29(20-12-7-5-8-13-20,21-14-9-6-10-15-21)28-23-16-11-19-26(4)22(23)17-18-24(26)27/h5-10,12-15,22-23H,11,16-19H2,1-4H3/t22-,23+,26-/m0/s1. The smallest absolute Gasteiger partial charge is 0.261 e. The Morgan fingerprint density at radius 1 is 0.931 bits per heavy atom. The second kappa shape index (κ2) is 7.52. The average molecular weight is 407 g/mol. The molecule has 0 radical (unpaired) electrons. The molecule has 2 saturated carbocycles. The fourth-order valence-corrected chi connectivity index (χ4v) is 10.7. The van der Waals surface area contributed by atoms with E-state index in [2.05, 4.69) is 88.4 Å². The van der Waals surface area contributed by atoms with E-state index in [1.807, 2.05) is 0 Å². The molecule has 0 aromatic heterocycles. The van der Waals surface area contributed by atoms with Crippen LogP contribution in [0.15, 0.2) is 60.7 Å². The molecule has 0 amide bonds. The molecule has 0 N–H and O–H groups in total. The SMILES string of the molecule is CC(C)(C)[Si](O[C@@H]1CCC[C@]2(C)C(=O)CC[C@@H]12)(c1ccccc1)c1ccccc1. The fraction of sp³-hybridized carbons (Fsp3) is 0.500. The number of hydrogen-bond donors (Lipinski definition) is 0. The first-order valence-corrected chi connectivity index (χ1v) is 13.0. The largest absolute Gasteiger partial charge is 0.404 e. The van der Waals surface area contributed by atoms with Crippen LogP contribution in [0.25, 0.3) is 0 Å². The summed E-state index contributed by atoms with van der Waals surface area (Å²) in [6.45, 7) is 9.21. The summed E-state index contributed by atoms with van der Waals surface area (Å²) < 4.78 is 7.43. The maximum atomic E-state index is 12.7. The number of Topliss-reactive ketones (excluding diaryl/α,β-unsaturated/α-hetero) is 1. The number of carbonyl (C=O) groups is 1. The van der Waals surface area contributed by atoms with Gasteiger partial charge in [0.15, 0.2) is 0 Å². The summed E-state index contributed by atoms with van der Waals surface area (Å²) in [5, 5.41) is 2.64. The molecule has 0 unspecified atom stereocenters. The minimum atomic E-state index is -2.56. The van der Waals surface area contributed by atoms with Gasteiger partial charge >= 0.3 is 0 Å². The summed E-state index contributed by atoms with van der Waals surface area (Å²) in [4.78, 5) is 12.7. The number of ketones is 1. The number of carbonyl (C=O) groups excluding carboxylic acids is 1. The van der Waals surface area contributed by atoms with Crippen LogP contribution in [0.2, 0.25) is 5.04 Å². The maximum absolute atomic E-state index is 12.7. The van der Waals surface area contributed by atoms with Gasteiger partial charge in [-0.15, -0.1) is 0 Å². The second-order valence-electron chi connectivity index (χ2n) is 10.2. The number of benzene rings is 2. The molecule has 2 aromatic rings. The van der Waals surface area contributed by atoms with Gasteiger partial charge in [-0.3, -0.25) is 4.79 Å². The van der Waals surface area contributed by atoms with Gasteiger partial charge in [0.05, 0.1) is 0 Å². The van der Waals surface area contributed by atoms with Gasteiger partial charge in [-0.1, -0.05) is 88.4 Å². The summed E-state index contributed by atoms with van der Waals surface area (Å²) in [7, 11) is -2.56. The lowest BCUT2D eigenvalue weighted by Crippen LogP contribution is -2.68. The molecule has 0 saturated heterocycles. The van der Waals surface area contributed by atoms with Gasteiger partial charge in [0.25, 0.3) is 8.32 Å². The Kier molecular flexibility index (Phi) is 5.33. The predicted molar refractivity (Wildman–Crippen MR) is 122 cm³/mol. The molecule has 0 heterocycles. The van der Waals surface area contributed by atoms with Gasteiger partial charge in [0, 0.05) is 17.9 Å². The third-order valence-corrected chi connectivity index (χ3v) is 12.6. The quantitative estimate of drug-likeness (QED) is 0.660. The fourth-order valence-electron chi connectivity index (χ4n) is 5.95. The molecule has 2 fully saturated rings. The number of hydrogen-bond acceptors (Lipinski definition) is 2. The zero-order valence-electron chi connectivity index (χ0n) is 18.3. The highest BCUT2D eigenvalue weighted by molar-refractivity contribution is 6.99. The van der Waals surface area contributed by atoms with Crippen LogP contribution in [-0.4, -0.2) is 20.2 Å². The maximum Gasteiger partial charge on any atom is 0.261 e. The van der Waals surface area contributed by atoms with Gasteiger partial charge < -0.3 is 4.43 Å². The zero-order valence-corrected chi connectivity index (χ0v) is 19.3. The van der Waals surface area contributed by atoms with Gasteiger partial charge in [0.1, 0.15) is 5.78 Å². The van der Waals surface area contributed by atoms with E-state index in [0.29, 0.717) is 11.7 Å². The molecule has 0 bridgehead atoms. The molecule has 0 aliphatic heterocycles. The molecule has 2 aliphatic rings. The van der Waals surface area contributed by atoms with Crippen molar-refractivity contribution < 1.29 is 9.22 Å². The molecule has 4 rings (SSSR count). The predicted octanol–water partition coefficient (Wildman–Crippen LogP) is 5.10. The van der Waals surface area contributed by atoms with Crippen molar-refractivity contribution in [1.82, 2.24) is 0 Å². The van der Waals surface area contributed by atoms with Gasteiger partial charge in [0.2, 0.25) is 0 Å². The van der Waals surface area contributed by atoms with Crippen molar-refractivity contribution in [2.75, 3.05) is 0 Å². The minimum absolute atomic E-state index is 0.0217. The molecule has 2 nitrogen and oxygen atoms in total.